The Morgan fingerprint density at radius 2 is 1.85 bits per heavy atom. The van der Waals surface area contributed by atoms with Crippen LogP contribution in [0, 0.1) is 5.92 Å². The second-order valence-corrected chi connectivity index (χ2v) is 11.7. The molecule has 0 fully saturated rings. The van der Waals surface area contributed by atoms with Crippen molar-refractivity contribution in [1.82, 2.24) is 9.62 Å². The molecule has 0 bridgehead atoms. The average molecular weight is 526 g/mol. The van der Waals surface area contributed by atoms with Crippen LogP contribution in [0.25, 0.3) is 0 Å². The van der Waals surface area contributed by atoms with Gasteiger partial charge in [0.1, 0.15) is 16.5 Å². The van der Waals surface area contributed by atoms with Crippen molar-refractivity contribution in [3.05, 3.63) is 28.2 Å². The third-order valence-corrected chi connectivity index (χ3v) is 6.57. The van der Waals surface area contributed by atoms with Crippen LogP contribution >= 0.6 is 23.2 Å². The van der Waals surface area contributed by atoms with Gasteiger partial charge in [-0.05, 0) is 57.7 Å². The van der Waals surface area contributed by atoms with Gasteiger partial charge in [-0.15, -0.1) is 0 Å². The van der Waals surface area contributed by atoms with Gasteiger partial charge in [0.15, 0.2) is 0 Å². The van der Waals surface area contributed by atoms with Crippen LogP contribution in [0.4, 0.5) is 4.79 Å². The molecule has 0 saturated heterocycles. The maximum atomic E-state index is 12.8. The molecule has 2 atom stereocenters. The number of sulfonamides is 1. The summed E-state index contributed by atoms with van der Waals surface area (Å²) in [6.45, 7) is 8.37. The Kier molecular flexibility index (Phi) is 10.9. The zero-order valence-electron chi connectivity index (χ0n) is 19.5. The van der Waals surface area contributed by atoms with Crippen molar-refractivity contribution in [2.24, 2.45) is 11.7 Å². The Hall–Kier alpha value is -1.59. The lowest BCUT2D eigenvalue weighted by Crippen LogP contribution is -2.52. The number of aliphatic hydroxyl groups excluding tert-OH is 1. The molecular formula is C21H33Cl2N3O6S. The van der Waals surface area contributed by atoms with Crippen LogP contribution in [0.15, 0.2) is 23.1 Å². The van der Waals surface area contributed by atoms with Gasteiger partial charge in [0, 0.05) is 11.6 Å². The zero-order valence-corrected chi connectivity index (χ0v) is 21.8. The van der Waals surface area contributed by atoms with Gasteiger partial charge in [0.25, 0.3) is 0 Å². The fourth-order valence-corrected chi connectivity index (χ4v) is 4.76. The van der Waals surface area contributed by atoms with Crippen LogP contribution in [0.3, 0.4) is 0 Å². The topological polar surface area (TPSA) is 139 Å². The first-order valence-electron chi connectivity index (χ1n) is 10.4. The highest BCUT2D eigenvalue weighted by Gasteiger charge is 2.33. The van der Waals surface area contributed by atoms with Gasteiger partial charge in [-0.1, -0.05) is 37.0 Å². The zero-order chi connectivity index (χ0) is 25.6. The molecule has 0 saturated carbocycles. The maximum Gasteiger partial charge on any atom is 0.411 e. The highest BCUT2D eigenvalue weighted by molar-refractivity contribution is 7.89. The summed E-state index contributed by atoms with van der Waals surface area (Å²) in [6, 6.07) is 2.99. The lowest BCUT2D eigenvalue weighted by Gasteiger charge is -2.34. The number of nitrogens with one attached hydrogen (secondary N) is 1. The molecule has 9 nitrogen and oxygen atoms in total. The Bertz CT molecular complexity index is 934. The number of nitrogens with two attached hydrogens (primary N) is 1. The molecule has 0 aliphatic heterocycles. The van der Waals surface area contributed by atoms with E-state index in [1.807, 2.05) is 13.8 Å². The molecule has 0 heterocycles. The Morgan fingerprint density at radius 3 is 2.33 bits per heavy atom. The molecule has 12 heteroatoms. The summed E-state index contributed by atoms with van der Waals surface area (Å²) >= 11 is 11.8. The molecular weight excluding hydrogens is 493 g/mol. The predicted octanol–water partition coefficient (Wildman–Crippen LogP) is 3.16. The molecule has 188 valence electrons. The average Bonchev–Trinajstić information content (AvgIpc) is 2.62. The van der Waals surface area contributed by atoms with E-state index in [4.69, 9.17) is 33.7 Å². The fraction of sp³-hybridized carbons (Fsp3) is 0.619. The maximum absolute atomic E-state index is 12.8. The van der Waals surface area contributed by atoms with Crippen molar-refractivity contribution in [3.63, 3.8) is 0 Å². The lowest BCUT2D eigenvalue weighted by molar-refractivity contribution is -0.124. The highest BCUT2D eigenvalue weighted by Crippen LogP contribution is 2.25. The van der Waals surface area contributed by atoms with Crippen LogP contribution in [-0.2, 0) is 19.6 Å². The monoisotopic (exact) mass is 525 g/mol. The molecule has 1 aromatic rings. The second kappa shape index (κ2) is 12.2. The van der Waals surface area contributed by atoms with Gasteiger partial charge in [0.2, 0.25) is 15.9 Å². The Labute approximate surface area is 205 Å². The molecule has 2 amide bonds. The van der Waals surface area contributed by atoms with Crippen LogP contribution in [0.5, 0.6) is 0 Å². The largest absolute Gasteiger partial charge is 0.444 e. The summed E-state index contributed by atoms with van der Waals surface area (Å²) in [5.41, 5.74) is 4.70. The van der Waals surface area contributed by atoms with Crippen molar-refractivity contribution in [3.8, 4) is 0 Å². The van der Waals surface area contributed by atoms with E-state index in [2.05, 4.69) is 4.72 Å². The molecule has 0 aromatic heterocycles. The number of halogens is 2. The van der Waals surface area contributed by atoms with Crippen LogP contribution in [-0.4, -0.2) is 61.3 Å². The molecule has 0 aliphatic rings. The minimum absolute atomic E-state index is 0.0374. The van der Waals surface area contributed by atoms with Gasteiger partial charge >= 0.3 is 6.09 Å². The van der Waals surface area contributed by atoms with Crippen molar-refractivity contribution in [1.29, 1.82) is 0 Å². The number of ether oxygens (including phenoxy) is 1. The normalized spacial score (nSPS) is 14.1. The van der Waals surface area contributed by atoms with E-state index in [0.717, 1.165) is 4.90 Å². The standard InChI is InChI=1S/C21H33Cl2N3O6S/c1-13(2)10-17(19(24)28)26(20(29)32-21(3,4)5)12-15(27)8-9-25-33(30,31)18-7-6-14(22)11-16(18)23/h6-7,11,13,15,17,25,27H,8-10,12H2,1-5H3,(H2,24,28)/t15-,17-/m0/s1. The van der Waals surface area contributed by atoms with Gasteiger partial charge < -0.3 is 15.6 Å². The number of primary amides is 1. The van der Waals surface area contributed by atoms with Gasteiger partial charge in [0.05, 0.1) is 17.7 Å². The van der Waals surface area contributed by atoms with Crippen molar-refractivity contribution in [2.75, 3.05) is 13.1 Å². The van der Waals surface area contributed by atoms with Gasteiger partial charge in [-0.3, -0.25) is 9.69 Å². The number of carbonyl (C=O) groups excluding carboxylic acids is 2. The summed E-state index contributed by atoms with van der Waals surface area (Å²) in [5, 5.41) is 10.8. The Balaban J connectivity index is 2.90. The number of hydrogen-bond acceptors (Lipinski definition) is 6. The molecule has 33 heavy (non-hydrogen) atoms. The number of nitrogens with zero attached hydrogens (tertiary/aromatic N) is 1. The Morgan fingerprint density at radius 1 is 1.24 bits per heavy atom. The van der Waals surface area contributed by atoms with E-state index < -0.39 is 39.8 Å². The molecule has 0 unspecified atom stereocenters. The number of carbonyl (C=O) groups is 2. The summed E-state index contributed by atoms with van der Waals surface area (Å²) in [7, 11) is -3.95. The quantitative estimate of drug-likeness (QED) is 0.405. The van der Waals surface area contributed by atoms with Crippen molar-refractivity contribution < 1.29 is 27.9 Å². The number of rotatable bonds is 11. The number of hydrogen-bond donors (Lipinski definition) is 3. The molecule has 0 spiro atoms. The van der Waals surface area contributed by atoms with E-state index in [-0.39, 0.29) is 41.8 Å². The first-order valence-corrected chi connectivity index (χ1v) is 12.7. The number of amides is 2. The van der Waals surface area contributed by atoms with Gasteiger partial charge in [-0.25, -0.2) is 17.9 Å². The fourth-order valence-electron chi connectivity index (χ4n) is 2.94. The predicted molar refractivity (Wildman–Crippen MR) is 128 cm³/mol. The smallest absolute Gasteiger partial charge is 0.411 e. The van der Waals surface area contributed by atoms with Crippen LogP contribution in [0.1, 0.15) is 47.5 Å². The SMILES string of the molecule is CC(C)C[C@@H](C(N)=O)N(C[C@@H](O)CCNS(=O)(=O)c1ccc(Cl)cc1Cl)C(=O)OC(C)(C)C. The van der Waals surface area contributed by atoms with E-state index >= 15 is 0 Å². The molecule has 1 aromatic carbocycles. The van der Waals surface area contributed by atoms with E-state index in [0.29, 0.717) is 5.02 Å². The van der Waals surface area contributed by atoms with Crippen LogP contribution < -0.4 is 10.5 Å². The molecule has 0 aliphatic carbocycles. The minimum Gasteiger partial charge on any atom is -0.444 e. The third-order valence-electron chi connectivity index (χ3n) is 4.39. The van der Waals surface area contributed by atoms with E-state index in [1.165, 1.54) is 18.2 Å². The van der Waals surface area contributed by atoms with E-state index in [9.17, 15) is 23.1 Å². The van der Waals surface area contributed by atoms with E-state index in [1.54, 1.807) is 20.8 Å². The minimum atomic E-state index is -3.95. The highest BCUT2D eigenvalue weighted by atomic mass is 35.5. The summed E-state index contributed by atoms with van der Waals surface area (Å²) < 4.78 is 32.7. The van der Waals surface area contributed by atoms with Crippen molar-refractivity contribution in [2.45, 2.75) is 70.1 Å². The summed E-state index contributed by atoms with van der Waals surface area (Å²) in [4.78, 5) is 25.8. The number of benzene rings is 1. The number of aliphatic hydroxyl groups is 1. The molecule has 4 N–H and O–H groups in total. The first kappa shape index (κ1) is 29.4. The summed E-state index contributed by atoms with van der Waals surface area (Å²) in [6.07, 6.45) is -1.71. The second-order valence-electron chi connectivity index (χ2n) is 9.10. The van der Waals surface area contributed by atoms with Crippen molar-refractivity contribution >= 4 is 45.2 Å². The summed E-state index contributed by atoms with van der Waals surface area (Å²) in [5.74, 6) is -0.680. The lowest BCUT2D eigenvalue weighted by atomic mass is 10.0. The van der Waals surface area contributed by atoms with Gasteiger partial charge in [-0.2, -0.15) is 0 Å². The molecule has 1 rings (SSSR count). The first-order chi connectivity index (χ1) is 15.0. The third kappa shape index (κ3) is 10.1. The van der Waals surface area contributed by atoms with Crippen LogP contribution in [0.2, 0.25) is 10.0 Å². The molecule has 0 radical (unpaired) electrons.